The summed E-state index contributed by atoms with van der Waals surface area (Å²) in [5.74, 6) is 0. The lowest BCUT2D eigenvalue weighted by Crippen LogP contribution is -1.95. The third-order valence-corrected chi connectivity index (χ3v) is 2.66. The highest BCUT2D eigenvalue weighted by molar-refractivity contribution is 9.10. The van der Waals surface area contributed by atoms with Crippen molar-refractivity contribution in [3.05, 3.63) is 42.4 Å². The van der Waals surface area contributed by atoms with Crippen LogP contribution < -0.4 is 0 Å². The molecule has 0 fully saturated rings. The third-order valence-electron chi connectivity index (χ3n) is 1.63. The van der Waals surface area contributed by atoms with Gasteiger partial charge >= 0.3 is 0 Å². The Bertz CT molecular complexity index is 418. The maximum Gasteiger partial charge on any atom is 0.290 e. The summed E-state index contributed by atoms with van der Waals surface area (Å²) in [5, 5.41) is 20.9. The van der Waals surface area contributed by atoms with E-state index in [0.717, 1.165) is 6.07 Å². The third kappa shape index (κ3) is 1.87. The fraction of sp³-hybridized carbons (Fsp3) is 0.143. The van der Waals surface area contributed by atoms with Crippen molar-refractivity contribution in [2.24, 2.45) is 0 Å². The van der Waals surface area contributed by atoms with E-state index in [9.17, 15) is 20.2 Å². The van der Waals surface area contributed by atoms with Crippen LogP contribution in [0.15, 0.2) is 16.6 Å². The quantitative estimate of drug-likeness (QED) is 0.604. The largest absolute Gasteiger partial charge is 0.290 e. The first-order valence-corrected chi connectivity index (χ1v) is 4.31. The first-order chi connectivity index (χ1) is 6.43. The summed E-state index contributed by atoms with van der Waals surface area (Å²) in [4.78, 5) is 19.6. The number of hydrogen-bond acceptors (Lipinski definition) is 4. The number of aryl methyl sites for hydroxylation is 1. The average molecular weight is 261 g/mol. The lowest BCUT2D eigenvalue weighted by molar-refractivity contribution is -0.394. The van der Waals surface area contributed by atoms with Gasteiger partial charge in [-0.1, -0.05) is 0 Å². The van der Waals surface area contributed by atoms with Crippen molar-refractivity contribution in [3.8, 4) is 0 Å². The summed E-state index contributed by atoms with van der Waals surface area (Å²) >= 11 is 3.00. The molecule has 0 unspecified atom stereocenters. The molecule has 14 heavy (non-hydrogen) atoms. The molecule has 0 bridgehead atoms. The van der Waals surface area contributed by atoms with Crippen molar-refractivity contribution in [2.75, 3.05) is 0 Å². The van der Waals surface area contributed by atoms with Crippen LogP contribution in [0.4, 0.5) is 11.4 Å². The van der Waals surface area contributed by atoms with E-state index in [2.05, 4.69) is 15.9 Å². The normalized spacial score (nSPS) is 9.86. The van der Waals surface area contributed by atoms with Gasteiger partial charge in [-0.3, -0.25) is 20.2 Å². The molecule has 0 N–H and O–H groups in total. The number of non-ortho nitro benzene ring substituents is 1. The first kappa shape index (κ1) is 10.6. The Morgan fingerprint density at radius 3 is 2.21 bits per heavy atom. The van der Waals surface area contributed by atoms with E-state index in [-0.39, 0.29) is 15.8 Å². The second-order valence-electron chi connectivity index (χ2n) is 2.61. The topological polar surface area (TPSA) is 86.3 Å². The minimum Gasteiger partial charge on any atom is -0.258 e. The Hall–Kier alpha value is -1.50. The van der Waals surface area contributed by atoms with Crippen LogP contribution in [0.5, 0.6) is 0 Å². The number of nitro groups is 2. The Kier molecular flexibility index (Phi) is 2.80. The Morgan fingerprint density at radius 2 is 1.79 bits per heavy atom. The molecule has 0 saturated carbocycles. The van der Waals surface area contributed by atoms with Crippen molar-refractivity contribution >= 4 is 27.3 Å². The SMILES string of the molecule is Cc1cc([N+](=O)[O-])cc([N+](=O)[O-])c1Br. The number of halogens is 1. The molecule has 0 aliphatic carbocycles. The zero-order valence-corrected chi connectivity index (χ0v) is 8.65. The molecule has 1 aromatic rings. The van der Waals surface area contributed by atoms with Crippen LogP contribution in [0, 0.1) is 27.2 Å². The summed E-state index contributed by atoms with van der Waals surface area (Å²) < 4.78 is 0.271. The number of rotatable bonds is 2. The molecule has 7 heteroatoms. The molecular formula is C7H5BrN2O4. The molecule has 0 atom stereocenters. The highest BCUT2D eigenvalue weighted by Gasteiger charge is 2.20. The van der Waals surface area contributed by atoms with Gasteiger partial charge in [0.25, 0.3) is 11.4 Å². The van der Waals surface area contributed by atoms with Crippen LogP contribution >= 0.6 is 15.9 Å². The van der Waals surface area contributed by atoms with Crippen LogP contribution in [0.1, 0.15) is 5.56 Å². The maximum absolute atomic E-state index is 10.5. The van der Waals surface area contributed by atoms with Crippen LogP contribution in [-0.2, 0) is 0 Å². The molecule has 0 amide bonds. The van der Waals surface area contributed by atoms with E-state index >= 15 is 0 Å². The van der Waals surface area contributed by atoms with Gasteiger partial charge in [0, 0.05) is 6.07 Å². The van der Waals surface area contributed by atoms with E-state index in [4.69, 9.17) is 0 Å². The second kappa shape index (κ2) is 3.70. The minimum atomic E-state index is -0.663. The average Bonchev–Trinajstić information content (AvgIpc) is 2.08. The minimum absolute atomic E-state index is 0.271. The van der Waals surface area contributed by atoms with Gasteiger partial charge in [0.15, 0.2) is 0 Å². The summed E-state index contributed by atoms with van der Waals surface area (Å²) in [6, 6.07) is 2.20. The molecule has 0 heterocycles. The van der Waals surface area contributed by atoms with E-state index in [0.29, 0.717) is 5.56 Å². The monoisotopic (exact) mass is 260 g/mol. The van der Waals surface area contributed by atoms with E-state index < -0.39 is 9.85 Å². The standard InChI is InChI=1S/C7H5BrN2O4/c1-4-2-5(9(11)12)3-6(7(4)8)10(13)14/h2-3H,1H3. The van der Waals surface area contributed by atoms with Crippen LogP contribution in [0.3, 0.4) is 0 Å². The van der Waals surface area contributed by atoms with Crippen molar-refractivity contribution in [3.63, 3.8) is 0 Å². The van der Waals surface area contributed by atoms with Crippen molar-refractivity contribution < 1.29 is 9.85 Å². The van der Waals surface area contributed by atoms with Gasteiger partial charge in [0.1, 0.15) is 0 Å². The zero-order valence-electron chi connectivity index (χ0n) is 7.06. The molecule has 1 rings (SSSR count). The molecule has 0 radical (unpaired) electrons. The molecule has 0 saturated heterocycles. The molecule has 0 aromatic heterocycles. The first-order valence-electron chi connectivity index (χ1n) is 3.52. The lowest BCUT2D eigenvalue weighted by Gasteiger charge is -1.99. The van der Waals surface area contributed by atoms with Gasteiger partial charge in [-0.25, -0.2) is 0 Å². The molecule has 74 valence electrons. The summed E-state index contributed by atoms with van der Waals surface area (Å²) in [6.07, 6.45) is 0. The predicted molar refractivity (Wildman–Crippen MR) is 52.2 cm³/mol. The fourth-order valence-electron chi connectivity index (χ4n) is 0.971. The number of hydrogen-bond donors (Lipinski definition) is 0. The highest BCUT2D eigenvalue weighted by Crippen LogP contribution is 2.32. The maximum atomic E-state index is 10.5. The summed E-state index contributed by atoms with van der Waals surface area (Å²) in [6.45, 7) is 1.56. The number of nitro benzene ring substituents is 2. The smallest absolute Gasteiger partial charge is 0.258 e. The molecule has 0 aliphatic heterocycles. The van der Waals surface area contributed by atoms with Crippen LogP contribution in [0.25, 0.3) is 0 Å². The van der Waals surface area contributed by atoms with Gasteiger partial charge in [0.2, 0.25) is 0 Å². The van der Waals surface area contributed by atoms with Crippen LogP contribution in [-0.4, -0.2) is 9.85 Å². The lowest BCUT2D eigenvalue weighted by atomic mass is 10.2. The number of nitrogens with zero attached hydrogens (tertiary/aromatic N) is 2. The summed E-state index contributed by atoms with van der Waals surface area (Å²) in [7, 11) is 0. The van der Waals surface area contributed by atoms with Crippen molar-refractivity contribution in [1.29, 1.82) is 0 Å². The second-order valence-corrected chi connectivity index (χ2v) is 3.40. The fourth-order valence-corrected chi connectivity index (χ4v) is 1.34. The Morgan fingerprint density at radius 1 is 1.21 bits per heavy atom. The van der Waals surface area contributed by atoms with E-state index in [1.807, 2.05) is 0 Å². The predicted octanol–water partition coefficient (Wildman–Crippen LogP) is 2.57. The Labute approximate surface area is 87.0 Å². The highest BCUT2D eigenvalue weighted by atomic mass is 79.9. The molecule has 6 nitrogen and oxygen atoms in total. The van der Waals surface area contributed by atoms with Gasteiger partial charge in [-0.2, -0.15) is 0 Å². The van der Waals surface area contributed by atoms with E-state index in [1.165, 1.54) is 6.07 Å². The van der Waals surface area contributed by atoms with Crippen LogP contribution in [0.2, 0.25) is 0 Å². The molecule has 0 aliphatic rings. The van der Waals surface area contributed by atoms with Crippen molar-refractivity contribution in [1.82, 2.24) is 0 Å². The van der Waals surface area contributed by atoms with E-state index in [1.54, 1.807) is 6.92 Å². The van der Waals surface area contributed by atoms with Gasteiger partial charge < -0.3 is 0 Å². The van der Waals surface area contributed by atoms with Gasteiger partial charge in [-0.15, -0.1) is 0 Å². The Balaban J connectivity index is 3.43. The van der Waals surface area contributed by atoms with Gasteiger partial charge in [0.05, 0.1) is 20.4 Å². The molecule has 0 spiro atoms. The number of benzene rings is 1. The molecule has 1 aromatic carbocycles. The van der Waals surface area contributed by atoms with Gasteiger partial charge in [-0.05, 0) is 28.4 Å². The zero-order chi connectivity index (χ0) is 10.9. The molecular weight excluding hydrogens is 256 g/mol. The van der Waals surface area contributed by atoms with Crippen molar-refractivity contribution in [2.45, 2.75) is 6.92 Å². The summed E-state index contributed by atoms with van der Waals surface area (Å²) in [5.41, 5.74) is -0.111.